The highest BCUT2D eigenvalue weighted by molar-refractivity contribution is 6.23. The van der Waals surface area contributed by atoms with Crippen molar-refractivity contribution in [2.75, 3.05) is 24.9 Å². The summed E-state index contributed by atoms with van der Waals surface area (Å²) in [6, 6.07) is 10.3. The molecule has 154 valence electrons. The van der Waals surface area contributed by atoms with Gasteiger partial charge in [-0.25, -0.2) is 9.88 Å². The zero-order valence-electron chi connectivity index (χ0n) is 16.8. The van der Waals surface area contributed by atoms with Gasteiger partial charge in [-0.2, -0.15) is 9.78 Å². The molecule has 0 aliphatic carbocycles. The van der Waals surface area contributed by atoms with Gasteiger partial charge >= 0.3 is 0 Å². The van der Waals surface area contributed by atoms with Crippen LogP contribution >= 0.6 is 0 Å². The zero-order chi connectivity index (χ0) is 21.4. The first-order valence-corrected chi connectivity index (χ1v) is 9.31. The SMILES string of the molecule is COc1ccc(N2C(=O)CC(c3c(C)nn(-c4ccccn4)c3N)C2=O)cc1OC. The number of rotatable bonds is 5. The maximum atomic E-state index is 13.2. The predicted molar refractivity (Wildman–Crippen MR) is 110 cm³/mol. The molecule has 1 aliphatic rings. The Hall–Kier alpha value is -3.88. The Morgan fingerprint density at radius 2 is 1.87 bits per heavy atom. The van der Waals surface area contributed by atoms with Gasteiger partial charge in [0, 0.05) is 24.2 Å². The lowest BCUT2D eigenvalue weighted by atomic mass is 9.97. The maximum Gasteiger partial charge on any atom is 0.242 e. The third kappa shape index (κ3) is 3.04. The van der Waals surface area contributed by atoms with E-state index in [0.717, 1.165) is 4.90 Å². The molecule has 3 aromatic rings. The van der Waals surface area contributed by atoms with E-state index in [1.807, 2.05) is 6.07 Å². The number of benzene rings is 1. The van der Waals surface area contributed by atoms with E-state index in [1.165, 1.54) is 18.9 Å². The van der Waals surface area contributed by atoms with Gasteiger partial charge in [0.2, 0.25) is 11.8 Å². The number of nitrogens with zero attached hydrogens (tertiary/aromatic N) is 4. The van der Waals surface area contributed by atoms with Gasteiger partial charge < -0.3 is 15.2 Å². The standard InChI is InChI=1S/C21H21N5O4/c1-12-19(20(22)26(24-12)17-6-4-5-9-23-17)14-11-18(27)25(21(14)28)13-7-8-15(29-2)16(10-13)30-3/h4-10,14H,11,22H2,1-3H3. The number of aromatic nitrogens is 3. The van der Waals surface area contributed by atoms with Crippen LogP contribution in [0.4, 0.5) is 11.5 Å². The molecule has 1 fully saturated rings. The quantitative estimate of drug-likeness (QED) is 0.645. The predicted octanol–water partition coefficient (Wildman–Crippen LogP) is 2.22. The van der Waals surface area contributed by atoms with Crippen molar-refractivity contribution in [1.82, 2.24) is 14.8 Å². The molecule has 2 amide bonds. The Bertz CT molecular complexity index is 1130. The van der Waals surface area contributed by atoms with E-state index < -0.39 is 5.92 Å². The molecule has 0 radical (unpaired) electrons. The highest BCUT2D eigenvalue weighted by Crippen LogP contribution is 2.40. The number of hydrogen-bond acceptors (Lipinski definition) is 7. The molecule has 1 saturated heterocycles. The number of methoxy groups -OCH3 is 2. The van der Waals surface area contributed by atoms with E-state index in [2.05, 4.69) is 10.1 Å². The number of pyridine rings is 1. The van der Waals surface area contributed by atoms with Crippen LogP contribution in [0.15, 0.2) is 42.6 Å². The Kier molecular flexibility index (Phi) is 4.86. The molecule has 3 heterocycles. The summed E-state index contributed by atoms with van der Waals surface area (Å²) in [5.74, 6) is 0.378. The number of hydrogen-bond donors (Lipinski definition) is 1. The summed E-state index contributed by atoms with van der Waals surface area (Å²) in [4.78, 5) is 31.4. The summed E-state index contributed by atoms with van der Waals surface area (Å²) in [5.41, 5.74) is 7.87. The molecule has 1 unspecified atom stereocenters. The molecule has 0 saturated carbocycles. The summed E-state index contributed by atoms with van der Waals surface area (Å²) >= 11 is 0. The van der Waals surface area contributed by atoms with Crippen molar-refractivity contribution in [3.8, 4) is 17.3 Å². The highest BCUT2D eigenvalue weighted by atomic mass is 16.5. The molecule has 0 bridgehead atoms. The average molecular weight is 407 g/mol. The molecular weight excluding hydrogens is 386 g/mol. The molecule has 1 atom stereocenters. The number of anilines is 2. The lowest BCUT2D eigenvalue weighted by Crippen LogP contribution is -2.30. The Balaban J connectivity index is 1.71. The van der Waals surface area contributed by atoms with Crippen LogP contribution in [0.3, 0.4) is 0 Å². The summed E-state index contributed by atoms with van der Waals surface area (Å²) in [7, 11) is 3.01. The third-order valence-electron chi connectivity index (χ3n) is 5.13. The van der Waals surface area contributed by atoms with E-state index in [-0.39, 0.29) is 18.2 Å². The number of imide groups is 1. The van der Waals surface area contributed by atoms with Crippen LogP contribution in [0.25, 0.3) is 5.82 Å². The fourth-order valence-corrected chi connectivity index (χ4v) is 3.73. The van der Waals surface area contributed by atoms with Crippen molar-refractivity contribution < 1.29 is 19.1 Å². The first-order chi connectivity index (χ1) is 14.5. The Labute approximate surface area is 173 Å². The normalized spacial score (nSPS) is 16.2. The fourth-order valence-electron chi connectivity index (χ4n) is 3.73. The molecule has 9 nitrogen and oxygen atoms in total. The molecular formula is C21H21N5O4. The first kappa shape index (κ1) is 19.4. The van der Waals surface area contributed by atoms with Gasteiger partial charge in [0.05, 0.1) is 31.5 Å². The number of nitrogens with two attached hydrogens (primary N) is 1. The average Bonchev–Trinajstić information content (AvgIpc) is 3.22. The van der Waals surface area contributed by atoms with Crippen LogP contribution in [0.2, 0.25) is 0 Å². The van der Waals surface area contributed by atoms with Gasteiger partial charge in [-0.05, 0) is 31.2 Å². The maximum absolute atomic E-state index is 13.2. The third-order valence-corrected chi connectivity index (χ3v) is 5.13. The van der Waals surface area contributed by atoms with E-state index in [9.17, 15) is 9.59 Å². The second-order valence-corrected chi connectivity index (χ2v) is 6.85. The minimum absolute atomic E-state index is 0.00608. The second-order valence-electron chi connectivity index (χ2n) is 6.85. The second kappa shape index (κ2) is 7.51. The number of carbonyl (C=O) groups excluding carboxylic acids is 2. The van der Waals surface area contributed by atoms with Gasteiger partial charge in [-0.1, -0.05) is 6.07 Å². The largest absolute Gasteiger partial charge is 0.493 e. The minimum atomic E-state index is -0.719. The van der Waals surface area contributed by atoms with Crippen molar-refractivity contribution in [2.45, 2.75) is 19.3 Å². The Morgan fingerprint density at radius 1 is 1.10 bits per heavy atom. The van der Waals surface area contributed by atoms with E-state index in [0.29, 0.717) is 40.1 Å². The topological polar surface area (TPSA) is 113 Å². The van der Waals surface area contributed by atoms with Gasteiger partial charge in [-0.15, -0.1) is 0 Å². The van der Waals surface area contributed by atoms with E-state index in [1.54, 1.807) is 43.5 Å². The van der Waals surface area contributed by atoms with Crippen LogP contribution < -0.4 is 20.1 Å². The smallest absolute Gasteiger partial charge is 0.242 e. The molecule has 4 rings (SSSR count). The van der Waals surface area contributed by atoms with Gasteiger partial charge in [0.1, 0.15) is 5.82 Å². The summed E-state index contributed by atoms with van der Waals surface area (Å²) < 4.78 is 12.0. The highest BCUT2D eigenvalue weighted by Gasteiger charge is 2.43. The number of aryl methyl sites for hydroxylation is 1. The van der Waals surface area contributed by atoms with Crippen molar-refractivity contribution in [2.24, 2.45) is 0 Å². The minimum Gasteiger partial charge on any atom is -0.493 e. The number of carbonyl (C=O) groups is 2. The lowest BCUT2D eigenvalue weighted by Gasteiger charge is -2.17. The first-order valence-electron chi connectivity index (χ1n) is 9.31. The van der Waals surface area contributed by atoms with E-state index in [4.69, 9.17) is 15.2 Å². The van der Waals surface area contributed by atoms with Crippen molar-refractivity contribution in [3.63, 3.8) is 0 Å². The molecule has 1 aromatic carbocycles. The van der Waals surface area contributed by atoms with Gasteiger partial charge in [0.25, 0.3) is 0 Å². The van der Waals surface area contributed by atoms with E-state index >= 15 is 0 Å². The fraction of sp³-hybridized carbons (Fsp3) is 0.238. The summed E-state index contributed by atoms with van der Waals surface area (Å²) in [6.45, 7) is 1.77. The van der Waals surface area contributed by atoms with Crippen LogP contribution in [0.1, 0.15) is 23.6 Å². The van der Waals surface area contributed by atoms with Crippen LogP contribution in [-0.4, -0.2) is 40.8 Å². The van der Waals surface area contributed by atoms with Crippen LogP contribution in [0, 0.1) is 6.92 Å². The molecule has 30 heavy (non-hydrogen) atoms. The van der Waals surface area contributed by atoms with Crippen LogP contribution in [0.5, 0.6) is 11.5 Å². The molecule has 0 spiro atoms. The summed E-state index contributed by atoms with van der Waals surface area (Å²) in [5, 5.41) is 4.44. The number of amides is 2. The van der Waals surface area contributed by atoms with Crippen LogP contribution in [-0.2, 0) is 9.59 Å². The van der Waals surface area contributed by atoms with Crippen molar-refractivity contribution >= 4 is 23.3 Å². The zero-order valence-corrected chi connectivity index (χ0v) is 16.8. The van der Waals surface area contributed by atoms with Gasteiger partial charge in [-0.3, -0.25) is 9.59 Å². The summed E-state index contributed by atoms with van der Waals surface area (Å²) in [6.07, 6.45) is 1.64. The monoisotopic (exact) mass is 407 g/mol. The molecule has 2 aromatic heterocycles. The van der Waals surface area contributed by atoms with Gasteiger partial charge in [0.15, 0.2) is 17.3 Å². The number of ether oxygens (including phenoxy) is 2. The molecule has 9 heteroatoms. The molecule has 1 aliphatic heterocycles. The number of nitrogen functional groups attached to an aromatic ring is 1. The Morgan fingerprint density at radius 3 is 2.53 bits per heavy atom. The van der Waals surface area contributed by atoms with Crippen molar-refractivity contribution in [3.05, 3.63) is 53.9 Å². The van der Waals surface area contributed by atoms with Crippen molar-refractivity contribution in [1.29, 1.82) is 0 Å². The lowest BCUT2D eigenvalue weighted by molar-refractivity contribution is -0.121. The molecule has 2 N–H and O–H groups in total.